The third-order valence-electron chi connectivity index (χ3n) is 5.55. The molecule has 2 aliphatic rings. The Morgan fingerprint density at radius 2 is 1.82 bits per heavy atom. The number of benzene rings is 3. The molecule has 5 rings (SSSR count). The van der Waals surface area contributed by atoms with Gasteiger partial charge in [-0.2, -0.15) is 0 Å². The summed E-state index contributed by atoms with van der Waals surface area (Å²) in [5.74, 6) is -0.182. The molecule has 2 heterocycles. The number of halogens is 3. The zero-order chi connectivity index (χ0) is 23.3. The van der Waals surface area contributed by atoms with E-state index in [1.54, 1.807) is 24.3 Å². The number of amides is 1. The Hall–Kier alpha value is -3.16. The first-order valence-corrected chi connectivity index (χ1v) is 11.2. The van der Waals surface area contributed by atoms with E-state index in [9.17, 15) is 9.18 Å². The van der Waals surface area contributed by atoms with Gasteiger partial charge in [-0.15, -0.1) is 0 Å². The molecule has 0 saturated heterocycles. The van der Waals surface area contributed by atoms with Gasteiger partial charge >= 0.3 is 0 Å². The van der Waals surface area contributed by atoms with E-state index in [0.717, 1.165) is 16.9 Å². The van der Waals surface area contributed by atoms with Gasteiger partial charge in [-0.05, 0) is 56.3 Å². The van der Waals surface area contributed by atoms with Crippen LogP contribution in [0.25, 0.3) is 0 Å². The summed E-state index contributed by atoms with van der Waals surface area (Å²) in [5, 5.41) is 13.8. The minimum atomic E-state index is -0.471. The summed E-state index contributed by atoms with van der Waals surface area (Å²) in [6.45, 7) is 3.95. The molecule has 0 bridgehead atoms. The standard InChI is InChI=1S/C24H21Cl2FN4O2/c1-24(2)11-15-19-18(29-23(30-19)31-20-16(25)4-3-5-17(20)26)10-14(21(15)33-24)22(32)28-13-8-6-12(27)7-9-13/h3-10,23,29-31H,11H2,1-2H3,(H,28,32). The third kappa shape index (κ3) is 4.14. The van der Waals surface area contributed by atoms with E-state index < -0.39 is 11.9 Å². The van der Waals surface area contributed by atoms with Gasteiger partial charge in [-0.25, -0.2) is 4.39 Å². The highest BCUT2D eigenvalue weighted by Crippen LogP contribution is 2.48. The van der Waals surface area contributed by atoms with Crippen LogP contribution in [0.15, 0.2) is 48.5 Å². The highest BCUT2D eigenvalue weighted by molar-refractivity contribution is 6.39. The molecule has 0 saturated carbocycles. The molecule has 0 aromatic heterocycles. The van der Waals surface area contributed by atoms with Crippen molar-refractivity contribution in [2.45, 2.75) is 32.2 Å². The zero-order valence-electron chi connectivity index (χ0n) is 17.9. The highest BCUT2D eigenvalue weighted by atomic mass is 35.5. The fourth-order valence-corrected chi connectivity index (χ4v) is 4.62. The van der Waals surface area contributed by atoms with Crippen molar-refractivity contribution in [2.24, 2.45) is 0 Å². The van der Waals surface area contributed by atoms with Crippen molar-refractivity contribution in [1.29, 1.82) is 0 Å². The van der Waals surface area contributed by atoms with Gasteiger partial charge in [0.2, 0.25) is 0 Å². The topological polar surface area (TPSA) is 74.4 Å². The number of hydrogen-bond donors (Lipinski definition) is 4. The molecular formula is C24H21Cl2FN4O2. The lowest BCUT2D eigenvalue weighted by Gasteiger charge is -2.19. The largest absolute Gasteiger partial charge is 0.486 e. The monoisotopic (exact) mass is 486 g/mol. The maximum Gasteiger partial charge on any atom is 0.259 e. The lowest BCUT2D eigenvalue weighted by Crippen LogP contribution is -2.31. The molecule has 4 N–H and O–H groups in total. The maximum atomic E-state index is 13.2. The second-order valence-corrected chi connectivity index (χ2v) is 9.43. The van der Waals surface area contributed by atoms with E-state index in [0.29, 0.717) is 39.2 Å². The SMILES string of the molecule is CC1(C)Cc2c3c(cc(C(=O)Nc4ccc(F)cc4)c2O1)NC(Nc1c(Cl)cccc1Cl)N3. The first kappa shape index (κ1) is 21.7. The molecule has 1 atom stereocenters. The fraction of sp³-hybridized carbons (Fsp3) is 0.208. The first-order chi connectivity index (χ1) is 15.7. The van der Waals surface area contributed by atoms with Crippen LogP contribution in [-0.4, -0.2) is 17.8 Å². The Bertz CT molecular complexity index is 1240. The van der Waals surface area contributed by atoms with Crippen molar-refractivity contribution < 1.29 is 13.9 Å². The Morgan fingerprint density at radius 3 is 2.52 bits per heavy atom. The van der Waals surface area contributed by atoms with Crippen LogP contribution >= 0.6 is 23.2 Å². The molecule has 1 amide bonds. The number of carbonyl (C=O) groups is 1. The number of hydrogen-bond acceptors (Lipinski definition) is 5. The van der Waals surface area contributed by atoms with Gasteiger partial charge in [-0.3, -0.25) is 4.79 Å². The molecule has 1 unspecified atom stereocenters. The number of carbonyl (C=O) groups excluding carboxylic acids is 1. The molecular weight excluding hydrogens is 466 g/mol. The summed E-state index contributed by atoms with van der Waals surface area (Å²) in [4.78, 5) is 13.1. The van der Waals surface area contributed by atoms with Crippen LogP contribution in [-0.2, 0) is 6.42 Å². The van der Waals surface area contributed by atoms with Gasteiger partial charge in [0.15, 0.2) is 6.29 Å². The van der Waals surface area contributed by atoms with Crippen LogP contribution in [0.3, 0.4) is 0 Å². The molecule has 3 aromatic rings. The van der Waals surface area contributed by atoms with Gasteiger partial charge in [-0.1, -0.05) is 29.3 Å². The number of fused-ring (bicyclic) bond motifs is 3. The smallest absolute Gasteiger partial charge is 0.259 e. The number of rotatable bonds is 4. The summed E-state index contributed by atoms with van der Waals surface area (Å²) in [6.07, 6.45) is 0.219. The van der Waals surface area contributed by atoms with E-state index in [1.807, 2.05) is 13.8 Å². The summed E-state index contributed by atoms with van der Waals surface area (Å²) in [5.41, 5.74) is 3.53. The average molecular weight is 487 g/mol. The van der Waals surface area contributed by atoms with Gasteiger partial charge in [0, 0.05) is 17.7 Å². The molecule has 6 nitrogen and oxygen atoms in total. The highest BCUT2D eigenvalue weighted by Gasteiger charge is 2.39. The van der Waals surface area contributed by atoms with Crippen molar-refractivity contribution in [3.63, 3.8) is 0 Å². The summed E-state index contributed by atoms with van der Waals surface area (Å²) in [7, 11) is 0. The molecule has 0 aliphatic carbocycles. The van der Waals surface area contributed by atoms with Crippen molar-refractivity contribution >= 4 is 51.9 Å². The number of anilines is 4. The van der Waals surface area contributed by atoms with Crippen molar-refractivity contribution in [1.82, 2.24) is 0 Å². The molecule has 33 heavy (non-hydrogen) atoms. The van der Waals surface area contributed by atoms with E-state index in [2.05, 4.69) is 21.3 Å². The molecule has 2 aliphatic heterocycles. The van der Waals surface area contributed by atoms with E-state index >= 15 is 0 Å². The predicted molar refractivity (Wildman–Crippen MR) is 130 cm³/mol. The van der Waals surface area contributed by atoms with Crippen molar-refractivity contribution in [3.8, 4) is 5.75 Å². The zero-order valence-corrected chi connectivity index (χ0v) is 19.4. The van der Waals surface area contributed by atoms with Gasteiger partial charge in [0.05, 0.1) is 32.7 Å². The number of ether oxygens (including phenoxy) is 1. The third-order valence-corrected chi connectivity index (χ3v) is 6.18. The predicted octanol–water partition coefficient (Wildman–Crippen LogP) is 6.33. The summed E-state index contributed by atoms with van der Waals surface area (Å²) >= 11 is 12.6. The van der Waals surface area contributed by atoms with Gasteiger partial charge in [0.1, 0.15) is 17.2 Å². The minimum absolute atomic E-state index is 0.342. The van der Waals surface area contributed by atoms with E-state index in [-0.39, 0.29) is 11.7 Å². The van der Waals surface area contributed by atoms with E-state index in [1.165, 1.54) is 24.3 Å². The van der Waals surface area contributed by atoms with Crippen molar-refractivity contribution in [3.05, 3.63) is 75.5 Å². The number of para-hydroxylation sites is 1. The Balaban J connectivity index is 1.47. The number of nitrogens with one attached hydrogen (secondary N) is 4. The van der Waals surface area contributed by atoms with Crippen LogP contribution in [0.1, 0.15) is 29.8 Å². The maximum absolute atomic E-state index is 13.2. The quantitative estimate of drug-likeness (QED) is 0.346. The summed E-state index contributed by atoms with van der Waals surface area (Å²) < 4.78 is 19.4. The second-order valence-electron chi connectivity index (χ2n) is 8.62. The minimum Gasteiger partial charge on any atom is -0.486 e. The van der Waals surface area contributed by atoms with Crippen LogP contribution in [0, 0.1) is 5.82 Å². The second kappa shape index (κ2) is 8.01. The van der Waals surface area contributed by atoms with Crippen LogP contribution < -0.4 is 26.0 Å². The molecule has 0 fully saturated rings. The fourth-order valence-electron chi connectivity index (χ4n) is 4.11. The van der Waals surface area contributed by atoms with E-state index in [4.69, 9.17) is 27.9 Å². The molecule has 9 heteroatoms. The van der Waals surface area contributed by atoms with Crippen LogP contribution in [0.5, 0.6) is 5.75 Å². The van der Waals surface area contributed by atoms with Crippen LogP contribution in [0.4, 0.5) is 27.1 Å². The van der Waals surface area contributed by atoms with Gasteiger partial charge < -0.3 is 26.0 Å². The summed E-state index contributed by atoms with van der Waals surface area (Å²) in [6, 6.07) is 12.6. The lowest BCUT2D eigenvalue weighted by atomic mass is 9.97. The molecule has 0 radical (unpaired) electrons. The lowest BCUT2D eigenvalue weighted by molar-refractivity contribution is 0.101. The van der Waals surface area contributed by atoms with Crippen LogP contribution in [0.2, 0.25) is 10.0 Å². The Kier molecular flexibility index (Phi) is 5.26. The normalized spacial score (nSPS) is 17.3. The molecule has 3 aromatic carbocycles. The Labute approximate surface area is 200 Å². The molecule has 0 spiro atoms. The van der Waals surface area contributed by atoms with Crippen molar-refractivity contribution in [2.75, 3.05) is 21.3 Å². The first-order valence-electron chi connectivity index (χ1n) is 10.4. The van der Waals surface area contributed by atoms with Gasteiger partial charge in [0.25, 0.3) is 5.91 Å². The average Bonchev–Trinajstić information content (AvgIpc) is 3.31. The molecule has 170 valence electrons. The Morgan fingerprint density at radius 1 is 1.12 bits per heavy atom.